The van der Waals surface area contributed by atoms with Gasteiger partial charge in [-0.15, -0.1) is 10.2 Å². The van der Waals surface area contributed by atoms with E-state index in [4.69, 9.17) is 5.84 Å². The Morgan fingerprint density at radius 3 is 2.93 bits per heavy atom. The third-order valence-corrected chi connectivity index (χ3v) is 3.26. The highest BCUT2D eigenvalue weighted by atomic mass is 32.2. The maximum absolute atomic E-state index is 5.23. The topological polar surface area (TPSA) is 89.6 Å². The second-order valence-corrected chi connectivity index (χ2v) is 5.03. The van der Waals surface area contributed by atoms with Gasteiger partial charge in [0.25, 0.3) is 0 Å². The standard InChI is InChI=1S/C7H8N6S2/c1-4-12-13-7(14-4)15-6-3-9-2-5(10-6)11-8/h2-3H,8H2,1H3,(H,10,11). The number of hydrogen-bond donors (Lipinski definition) is 2. The lowest BCUT2D eigenvalue weighted by atomic mass is 10.7. The highest BCUT2D eigenvalue weighted by Crippen LogP contribution is 2.28. The molecule has 0 unspecified atom stereocenters. The zero-order valence-corrected chi connectivity index (χ0v) is 9.47. The highest BCUT2D eigenvalue weighted by molar-refractivity contribution is 8.01. The summed E-state index contributed by atoms with van der Waals surface area (Å²) in [6.45, 7) is 1.91. The van der Waals surface area contributed by atoms with Gasteiger partial charge in [0.2, 0.25) is 0 Å². The SMILES string of the molecule is Cc1nnc(Sc2cncc(NN)n2)s1. The normalized spacial score (nSPS) is 10.3. The number of hydrazine groups is 1. The van der Waals surface area contributed by atoms with Crippen LogP contribution in [0.15, 0.2) is 21.8 Å². The molecule has 0 saturated carbocycles. The Morgan fingerprint density at radius 2 is 2.27 bits per heavy atom. The van der Waals surface area contributed by atoms with E-state index in [2.05, 4.69) is 25.6 Å². The first-order valence-corrected chi connectivity index (χ1v) is 5.68. The summed E-state index contributed by atoms with van der Waals surface area (Å²) in [4.78, 5) is 8.19. The van der Waals surface area contributed by atoms with Crippen molar-refractivity contribution in [3.8, 4) is 0 Å². The molecule has 0 aromatic carbocycles. The molecule has 2 rings (SSSR count). The van der Waals surface area contributed by atoms with Crippen LogP contribution in [0.4, 0.5) is 5.82 Å². The average molecular weight is 240 g/mol. The third-order valence-electron chi connectivity index (χ3n) is 1.46. The fourth-order valence-electron chi connectivity index (χ4n) is 0.876. The van der Waals surface area contributed by atoms with Crippen LogP contribution >= 0.6 is 23.1 Å². The number of hydrogen-bond acceptors (Lipinski definition) is 8. The molecule has 2 aromatic heterocycles. The summed E-state index contributed by atoms with van der Waals surface area (Å²) in [5.74, 6) is 5.76. The molecule has 0 amide bonds. The van der Waals surface area contributed by atoms with Crippen LogP contribution in [0.25, 0.3) is 0 Å². The molecule has 0 aliphatic carbocycles. The molecule has 0 fully saturated rings. The zero-order valence-electron chi connectivity index (χ0n) is 7.84. The summed E-state index contributed by atoms with van der Waals surface area (Å²) in [6.07, 6.45) is 3.21. The van der Waals surface area contributed by atoms with Crippen molar-refractivity contribution in [1.82, 2.24) is 20.2 Å². The first-order valence-electron chi connectivity index (χ1n) is 4.04. The van der Waals surface area contributed by atoms with Crippen LogP contribution in [0.1, 0.15) is 5.01 Å². The van der Waals surface area contributed by atoms with Gasteiger partial charge in [-0.25, -0.2) is 10.8 Å². The molecule has 0 radical (unpaired) electrons. The average Bonchev–Trinajstić information content (AvgIpc) is 2.64. The Balaban J connectivity index is 2.16. The van der Waals surface area contributed by atoms with E-state index < -0.39 is 0 Å². The molecule has 0 spiro atoms. The van der Waals surface area contributed by atoms with Gasteiger partial charge < -0.3 is 5.43 Å². The quantitative estimate of drug-likeness (QED) is 0.612. The van der Waals surface area contributed by atoms with Crippen molar-refractivity contribution in [2.24, 2.45) is 5.84 Å². The van der Waals surface area contributed by atoms with Crippen LogP contribution in [0.3, 0.4) is 0 Å². The maximum atomic E-state index is 5.23. The Bertz CT molecular complexity index is 456. The van der Waals surface area contributed by atoms with Gasteiger partial charge in [0.1, 0.15) is 10.0 Å². The molecular weight excluding hydrogens is 232 g/mol. The monoisotopic (exact) mass is 240 g/mol. The molecule has 8 heteroatoms. The molecule has 6 nitrogen and oxygen atoms in total. The van der Waals surface area contributed by atoms with Crippen LogP contribution in [0.2, 0.25) is 0 Å². The number of aromatic nitrogens is 4. The van der Waals surface area contributed by atoms with Gasteiger partial charge in [0, 0.05) is 0 Å². The Labute approximate surface area is 94.3 Å². The van der Waals surface area contributed by atoms with E-state index in [1.54, 1.807) is 12.4 Å². The van der Waals surface area contributed by atoms with Crippen molar-refractivity contribution in [3.63, 3.8) is 0 Å². The molecule has 78 valence electrons. The van der Waals surface area contributed by atoms with E-state index in [1.165, 1.54) is 23.1 Å². The van der Waals surface area contributed by atoms with Gasteiger partial charge in [0.05, 0.1) is 12.4 Å². The number of rotatable bonds is 3. The van der Waals surface area contributed by atoms with Crippen molar-refractivity contribution >= 4 is 28.9 Å². The largest absolute Gasteiger partial charge is 0.307 e. The minimum Gasteiger partial charge on any atom is -0.307 e. The van der Waals surface area contributed by atoms with E-state index >= 15 is 0 Å². The van der Waals surface area contributed by atoms with E-state index in [1.807, 2.05) is 6.92 Å². The van der Waals surface area contributed by atoms with Crippen molar-refractivity contribution in [2.45, 2.75) is 16.3 Å². The molecule has 0 aliphatic rings. The van der Waals surface area contributed by atoms with E-state index in [0.29, 0.717) is 5.82 Å². The minimum absolute atomic E-state index is 0.529. The predicted octanol–water partition coefficient (Wildman–Crippen LogP) is 1.07. The molecule has 0 atom stereocenters. The number of anilines is 1. The molecule has 0 bridgehead atoms. The second-order valence-electron chi connectivity index (χ2n) is 2.58. The Morgan fingerprint density at radius 1 is 1.40 bits per heavy atom. The Hall–Kier alpha value is -1.25. The van der Waals surface area contributed by atoms with Crippen molar-refractivity contribution < 1.29 is 0 Å². The molecule has 2 aromatic rings. The van der Waals surface area contributed by atoms with Gasteiger partial charge in [-0.3, -0.25) is 4.98 Å². The highest BCUT2D eigenvalue weighted by Gasteiger charge is 2.05. The first kappa shape index (κ1) is 10.3. The maximum Gasteiger partial charge on any atom is 0.180 e. The molecule has 15 heavy (non-hydrogen) atoms. The minimum atomic E-state index is 0.529. The molecule has 0 saturated heterocycles. The smallest absolute Gasteiger partial charge is 0.180 e. The third kappa shape index (κ3) is 2.61. The van der Waals surface area contributed by atoms with Crippen molar-refractivity contribution in [3.05, 3.63) is 17.4 Å². The van der Waals surface area contributed by atoms with E-state index in [0.717, 1.165) is 14.4 Å². The predicted molar refractivity (Wildman–Crippen MR) is 58.6 cm³/mol. The van der Waals surface area contributed by atoms with Gasteiger partial charge in [0.15, 0.2) is 10.2 Å². The first-order chi connectivity index (χ1) is 7.28. The lowest BCUT2D eigenvalue weighted by molar-refractivity contribution is 0.976. The fourth-order valence-corrected chi connectivity index (χ4v) is 2.59. The lowest BCUT2D eigenvalue weighted by Crippen LogP contribution is -2.08. The summed E-state index contributed by atoms with van der Waals surface area (Å²) >= 11 is 2.93. The number of nitrogen functional groups attached to an aromatic ring is 1. The van der Waals surface area contributed by atoms with Gasteiger partial charge in [-0.1, -0.05) is 11.3 Å². The molecule has 3 N–H and O–H groups in total. The van der Waals surface area contributed by atoms with Crippen molar-refractivity contribution in [2.75, 3.05) is 5.43 Å². The molecule has 0 aliphatic heterocycles. The molecular formula is C7H8N6S2. The Kier molecular flexibility index (Phi) is 3.09. The van der Waals surface area contributed by atoms with Crippen LogP contribution in [-0.4, -0.2) is 20.2 Å². The van der Waals surface area contributed by atoms with E-state index in [-0.39, 0.29) is 0 Å². The number of nitrogens with two attached hydrogens (primary N) is 1. The fraction of sp³-hybridized carbons (Fsp3) is 0.143. The lowest BCUT2D eigenvalue weighted by Gasteiger charge is -1.99. The summed E-state index contributed by atoms with van der Waals surface area (Å²) in [7, 11) is 0. The summed E-state index contributed by atoms with van der Waals surface area (Å²) < 4.78 is 0.843. The van der Waals surface area contributed by atoms with Gasteiger partial charge in [-0.2, -0.15) is 0 Å². The summed E-state index contributed by atoms with van der Waals surface area (Å²) in [5.41, 5.74) is 2.44. The number of nitrogens with zero attached hydrogens (tertiary/aromatic N) is 4. The zero-order chi connectivity index (χ0) is 10.7. The summed E-state index contributed by atoms with van der Waals surface area (Å²) in [5, 5.41) is 9.56. The second kappa shape index (κ2) is 4.51. The van der Waals surface area contributed by atoms with Crippen LogP contribution in [0.5, 0.6) is 0 Å². The number of aryl methyl sites for hydroxylation is 1. The van der Waals surface area contributed by atoms with Crippen LogP contribution in [0, 0.1) is 6.92 Å². The number of nitrogens with one attached hydrogen (secondary N) is 1. The molecule has 2 heterocycles. The van der Waals surface area contributed by atoms with Gasteiger partial charge >= 0.3 is 0 Å². The van der Waals surface area contributed by atoms with Crippen molar-refractivity contribution in [1.29, 1.82) is 0 Å². The van der Waals surface area contributed by atoms with Gasteiger partial charge in [-0.05, 0) is 18.7 Å². The van der Waals surface area contributed by atoms with E-state index in [9.17, 15) is 0 Å². The summed E-state index contributed by atoms with van der Waals surface area (Å²) in [6, 6.07) is 0. The van der Waals surface area contributed by atoms with Crippen LogP contribution in [-0.2, 0) is 0 Å². The van der Waals surface area contributed by atoms with Crippen LogP contribution < -0.4 is 11.3 Å².